The minimum Gasteiger partial charge on any atom is -0.303 e. The van der Waals surface area contributed by atoms with Crippen molar-refractivity contribution in [3.8, 4) is 0 Å². The Morgan fingerprint density at radius 3 is 2.05 bits per heavy atom. The topological polar surface area (TPSA) is 51.2 Å². The van der Waals surface area contributed by atoms with E-state index in [0.717, 1.165) is 38.4 Å². The van der Waals surface area contributed by atoms with Gasteiger partial charge in [-0.15, -0.1) is 0 Å². The molecule has 0 fully saturated rings. The Bertz CT molecular complexity index is 452. The van der Waals surface area contributed by atoms with E-state index in [0.29, 0.717) is 17.7 Å². The van der Waals surface area contributed by atoms with E-state index in [1.54, 1.807) is 24.3 Å². The van der Waals surface area contributed by atoms with Crippen LogP contribution in [0.1, 0.15) is 44.9 Å². The summed E-state index contributed by atoms with van der Waals surface area (Å²) in [5.74, 6) is 0.228. The molecule has 1 aromatic carbocycles. The fourth-order valence-electron chi connectivity index (χ4n) is 1.97. The highest BCUT2D eigenvalue weighted by atomic mass is 32.2. The Balaban J connectivity index is 2.17. The molecular weight excluding hydrogens is 260 g/mol. The van der Waals surface area contributed by atoms with Crippen LogP contribution in [0.15, 0.2) is 35.2 Å². The maximum absolute atomic E-state index is 12.0. The molecule has 1 rings (SSSR count). The third kappa shape index (κ3) is 6.53. The molecule has 3 nitrogen and oxygen atoms in total. The van der Waals surface area contributed by atoms with Crippen LogP contribution in [0.3, 0.4) is 0 Å². The Labute approximate surface area is 116 Å². The van der Waals surface area contributed by atoms with Crippen LogP contribution in [0.25, 0.3) is 0 Å². The molecule has 0 saturated heterocycles. The van der Waals surface area contributed by atoms with Gasteiger partial charge in [-0.1, -0.05) is 43.9 Å². The molecular formula is C15H22O3S. The lowest BCUT2D eigenvalue weighted by atomic mass is 10.1. The van der Waals surface area contributed by atoms with E-state index < -0.39 is 9.84 Å². The molecule has 4 heteroatoms. The van der Waals surface area contributed by atoms with Crippen molar-refractivity contribution >= 4 is 16.1 Å². The van der Waals surface area contributed by atoms with Crippen molar-refractivity contribution in [3.05, 3.63) is 30.3 Å². The molecule has 0 radical (unpaired) electrons. The van der Waals surface area contributed by atoms with E-state index in [-0.39, 0.29) is 5.75 Å². The molecule has 0 bridgehead atoms. The first kappa shape index (κ1) is 15.9. The molecule has 0 aliphatic heterocycles. The van der Waals surface area contributed by atoms with Crippen LogP contribution >= 0.6 is 0 Å². The van der Waals surface area contributed by atoms with E-state index >= 15 is 0 Å². The molecule has 0 saturated carbocycles. The summed E-state index contributed by atoms with van der Waals surface area (Å²) in [6.45, 7) is 0. The Morgan fingerprint density at radius 1 is 0.842 bits per heavy atom. The van der Waals surface area contributed by atoms with Crippen LogP contribution in [0.4, 0.5) is 0 Å². The largest absolute Gasteiger partial charge is 0.303 e. The molecule has 0 aliphatic rings. The molecule has 0 heterocycles. The van der Waals surface area contributed by atoms with Gasteiger partial charge in [0.2, 0.25) is 0 Å². The second-order valence-corrected chi connectivity index (χ2v) is 6.82. The Kier molecular flexibility index (Phi) is 7.41. The van der Waals surface area contributed by atoms with Gasteiger partial charge in [0.05, 0.1) is 10.6 Å². The zero-order valence-electron chi connectivity index (χ0n) is 11.3. The third-order valence-electron chi connectivity index (χ3n) is 3.09. The smallest absolute Gasteiger partial charge is 0.178 e. The van der Waals surface area contributed by atoms with Crippen molar-refractivity contribution in [2.24, 2.45) is 0 Å². The van der Waals surface area contributed by atoms with Gasteiger partial charge in [-0.05, 0) is 25.0 Å². The second-order valence-electron chi connectivity index (χ2n) is 4.71. The van der Waals surface area contributed by atoms with Crippen LogP contribution < -0.4 is 0 Å². The summed E-state index contributed by atoms with van der Waals surface area (Å²) in [4.78, 5) is 10.5. The van der Waals surface area contributed by atoms with E-state index in [1.165, 1.54) is 0 Å². The molecule has 0 N–H and O–H groups in total. The first-order chi connectivity index (χ1) is 9.17. The number of hydrogen-bond donors (Lipinski definition) is 0. The Hall–Kier alpha value is -1.16. The number of carbonyl (C=O) groups excluding carboxylic acids is 1. The van der Waals surface area contributed by atoms with Gasteiger partial charge in [0.1, 0.15) is 6.29 Å². The lowest BCUT2D eigenvalue weighted by Gasteiger charge is -2.04. The number of unbranched alkanes of at least 4 members (excludes halogenated alkanes) is 6. The minimum absolute atomic E-state index is 0.228. The number of benzene rings is 1. The van der Waals surface area contributed by atoms with E-state index in [2.05, 4.69) is 0 Å². The van der Waals surface area contributed by atoms with Crippen molar-refractivity contribution in [2.75, 3.05) is 5.75 Å². The first-order valence-electron chi connectivity index (χ1n) is 6.88. The molecule has 0 amide bonds. The summed E-state index contributed by atoms with van der Waals surface area (Å²) in [5.41, 5.74) is 0. The molecule has 19 heavy (non-hydrogen) atoms. The molecule has 106 valence electrons. The van der Waals surface area contributed by atoms with Gasteiger partial charge in [0, 0.05) is 6.42 Å². The molecule has 0 aliphatic carbocycles. The predicted molar refractivity (Wildman–Crippen MR) is 76.9 cm³/mol. The van der Waals surface area contributed by atoms with Crippen molar-refractivity contribution in [3.63, 3.8) is 0 Å². The van der Waals surface area contributed by atoms with Crippen molar-refractivity contribution in [1.29, 1.82) is 0 Å². The highest BCUT2D eigenvalue weighted by Crippen LogP contribution is 2.13. The normalized spacial score (nSPS) is 11.4. The summed E-state index contributed by atoms with van der Waals surface area (Å²) in [7, 11) is -3.11. The second kappa shape index (κ2) is 8.86. The summed E-state index contributed by atoms with van der Waals surface area (Å²) in [5, 5.41) is 0. The molecule has 0 atom stereocenters. The summed E-state index contributed by atoms with van der Waals surface area (Å²) in [6, 6.07) is 8.61. The number of rotatable bonds is 10. The fraction of sp³-hybridized carbons (Fsp3) is 0.533. The average Bonchev–Trinajstić information content (AvgIpc) is 2.43. The maximum atomic E-state index is 12.0. The van der Waals surface area contributed by atoms with Crippen LogP contribution in [-0.4, -0.2) is 20.5 Å². The van der Waals surface area contributed by atoms with E-state index in [1.807, 2.05) is 6.07 Å². The van der Waals surface area contributed by atoms with Gasteiger partial charge < -0.3 is 4.79 Å². The summed E-state index contributed by atoms with van der Waals surface area (Å²) < 4.78 is 23.9. The summed E-state index contributed by atoms with van der Waals surface area (Å²) >= 11 is 0. The zero-order chi connectivity index (χ0) is 14.0. The van der Waals surface area contributed by atoms with Gasteiger partial charge >= 0.3 is 0 Å². The van der Waals surface area contributed by atoms with Gasteiger partial charge in [0.15, 0.2) is 9.84 Å². The van der Waals surface area contributed by atoms with Crippen molar-refractivity contribution < 1.29 is 13.2 Å². The SMILES string of the molecule is O=CCCCCCCCCS(=O)(=O)c1ccccc1. The van der Waals surface area contributed by atoms with E-state index in [4.69, 9.17) is 0 Å². The lowest BCUT2D eigenvalue weighted by molar-refractivity contribution is -0.107. The predicted octanol–water partition coefficient (Wildman–Crippen LogP) is 3.39. The fourth-order valence-corrected chi connectivity index (χ4v) is 3.36. The maximum Gasteiger partial charge on any atom is 0.178 e. The van der Waals surface area contributed by atoms with Gasteiger partial charge in [-0.25, -0.2) is 8.42 Å². The number of aldehydes is 1. The molecule has 1 aromatic rings. The Morgan fingerprint density at radius 2 is 1.42 bits per heavy atom. The monoisotopic (exact) mass is 282 g/mol. The minimum atomic E-state index is -3.11. The molecule has 0 spiro atoms. The van der Waals surface area contributed by atoms with Gasteiger partial charge in [0.25, 0.3) is 0 Å². The van der Waals surface area contributed by atoms with Gasteiger partial charge in [-0.3, -0.25) is 0 Å². The summed E-state index contributed by atoms with van der Waals surface area (Å²) in [6.07, 6.45) is 7.38. The number of carbonyl (C=O) groups is 1. The van der Waals surface area contributed by atoms with Crippen LogP contribution in [0, 0.1) is 0 Å². The van der Waals surface area contributed by atoms with Gasteiger partial charge in [-0.2, -0.15) is 0 Å². The molecule has 0 unspecified atom stereocenters. The standard InChI is InChI=1S/C15H22O3S/c16-13-9-4-2-1-3-5-10-14-19(17,18)15-11-7-6-8-12-15/h6-8,11-13H,1-5,9-10,14H2. The zero-order valence-corrected chi connectivity index (χ0v) is 12.1. The molecule has 0 aromatic heterocycles. The third-order valence-corrected chi connectivity index (χ3v) is 4.90. The van der Waals surface area contributed by atoms with Crippen molar-refractivity contribution in [1.82, 2.24) is 0 Å². The first-order valence-corrected chi connectivity index (χ1v) is 8.53. The average molecular weight is 282 g/mol. The number of hydrogen-bond acceptors (Lipinski definition) is 3. The quantitative estimate of drug-likeness (QED) is 0.488. The lowest BCUT2D eigenvalue weighted by Crippen LogP contribution is -2.06. The van der Waals surface area contributed by atoms with E-state index in [9.17, 15) is 13.2 Å². The van der Waals surface area contributed by atoms with Crippen LogP contribution in [-0.2, 0) is 14.6 Å². The van der Waals surface area contributed by atoms with Crippen molar-refractivity contribution in [2.45, 2.75) is 49.8 Å². The highest BCUT2D eigenvalue weighted by Gasteiger charge is 2.12. The number of sulfone groups is 1. The van der Waals surface area contributed by atoms with Crippen LogP contribution in [0.5, 0.6) is 0 Å². The van der Waals surface area contributed by atoms with Crippen LogP contribution in [0.2, 0.25) is 0 Å². The highest BCUT2D eigenvalue weighted by molar-refractivity contribution is 7.91.